The highest BCUT2D eigenvalue weighted by Crippen LogP contribution is 2.40. The van der Waals surface area contributed by atoms with E-state index in [4.69, 9.17) is 16.5 Å². The molecule has 0 saturated heterocycles. The number of thiophene rings is 1. The minimum Gasteiger partial charge on any atom is -0.367 e. The topological polar surface area (TPSA) is 42.2 Å². The van der Waals surface area contributed by atoms with Crippen LogP contribution in [0, 0.1) is 13.5 Å². The van der Waals surface area contributed by atoms with Crippen LogP contribution < -0.4 is 5.32 Å². The van der Waals surface area contributed by atoms with Crippen molar-refractivity contribution in [3.8, 4) is 0 Å². The quantitative estimate of drug-likeness (QED) is 0.636. The average Bonchev–Trinajstić information content (AvgIpc) is 2.93. The minimum atomic E-state index is 0.510. The van der Waals surface area contributed by atoms with E-state index in [1.807, 2.05) is 13.0 Å². The maximum absolute atomic E-state index is 7.39. The van der Waals surface area contributed by atoms with Gasteiger partial charge >= 0.3 is 0 Å². The maximum Gasteiger partial charge on any atom is 0.246 e. The minimum absolute atomic E-state index is 0.510. The highest BCUT2D eigenvalue weighted by molar-refractivity contribution is 7.22. The molecule has 0 bridgehead atoms. The van der Waals surface area contributed by atoms with Crippen molar-refractivity contribution in [2.45, 2.75) is 45.1 Å². The lowest BCUT2D eigenvalue weighted by Gasteiger charge is -2.27. The Morgan fingerprint density at radius 2 is 2.00 bits per heavy atom. The Bertz CT molecular complexity index is 936. The largest absolute Gasteiger partial charge is 0.367 e. The molecule has 0 amide bonds. The molecule has 1 aromatic carbocycles. The maximum atomic E-state index is 7.39. The third kappa shape index (κ3) is 3.22. The summed E-state index contributed by atoms with van der Waals surface area (Å²) in [5, 5.41) is 5.35. The zero-order chi connectivity index (χ0) is 17.2. The monoisotopic (exact) mass is 348 g/mol. The molecule has 4 rings (SSSR count). The highest BCUT2D eigenvalue weighted by Gasteiger charge is 2.22. The van der Waals surface area contributed by atoms with E-state index < -0.39 is 0 Å². The Hall–Kier alpha value is -2.45. The molecular formula is C20H20N4S. The van der Waals surface area contributed by atoms with Crippen molar-refractivity contribution in [3.05, 3.63) is 58.7 Å². The summed E-state index contributed by atoms with van der Waals surface area (Å²) in [6.07, 6.45) is 5.41. The van der Waals surface area contributed by atoms with Crippen LogP contribution in [0.15, 0.2) is 30.3 Å². The number of hydrogen-bond acceptors (Lipinski definition) is 4. The van der Waals surface area contributed by atoms with Crippen LogP contribution in [0.5, 0.6) is 0 Å². The first-order chi connectivity index (χ1) is 12.2. The number of anilines is 1. The van der Waals surface area contributed by atoms with E-state index in [2.05, 4.69) is 34.4 Å². The molecule has 3 aromatic rings. The number of benzene rings is 1. The van der Waals surface area contributed by atoms with E-state index in [9.17, 15) is 0 Å². The van der Waals surface area contributed by atoms with Crippen molar-refractivity contribution < 1.29 is 0 Å². The summed E-state index contributed by atoms with van der Waals surface area (Å²) in [7, 11) is 0. The van der Waals surface area contributed by atoms with Crippen LogP contribution in [0.4, 0.5) is 10.8 Å². The molecule has 1 N–H and O–H groups in total. The fourth-order valence-electron chi connectivity index (χ4n) is 3.14. The van der Waals surface area contributed by atoms with Gasteiger partial charge in [0.05, 0.1) is 6.57 Å². The second kappa shape index (κ2) is 6.81. The predicted octanol–water partition coefficient (Wildman–Crippen LogP) is 5.30. The van der Waals surface area contributed by atoms with E-state index in [0.29, 0.717) is 6.04 Å². The number of rotatable bonds is 5. The molecule has 5 heteroatoms. The molecule has 2 heterocycles. The smallest absolute Gasteiger partial charge is 0.246 e. The van der Waals surface area contributed by atoms with Crippen LogP contribution in [-0.4, -0.2) is 16.0 Å². The number of hydrogen-bond donors (Lipinski definition) is 1. The SMILES string of the molecule is [C-]#[N+]c1sc2nc(CCc3ccccc3)nc(NC3CCC3)c2c1C. The first-order valence-corrected chi connectivity index (χ1v) is 9.54. The van der Waals surface area contributed by atoms with E-state index in [1.165, 1.54) is 36.2 Å². The Morgan fingerprint density at radius 1 is 1.20 bits per heavy atom. The van der Waals surface area contributed by atoms with Gasteiger partial charge in [-0.05, 0) is 43.7 Å². The Balaban J connectivity index is 1.68. The van der Waals surface area contributed by atoms with Gasteiger partial charge in [-0.25, -0.2) is 14.8 Å². The van der Waals surface area contributed by atoms with Crippen molar-refractivity contribution in [1.29, 1.82) is 0 Å². The van der Waals surface area contributed by atoms with Crippen LogP contribution in [0.1, 0.15) is 36.2 Å². The van der Waals surface area contributed by atoms with Crippen LogP contribution >= 0.6 is 11.3 Å². The molecule has 1 saturated carbocycles. The van der Waals surface area contributed by atoms with Gasteiger partial charge in [0.25, 0.3) is 0 Å². The van der Waals surface area contributed by atoms with Gasteiger partial charge in [0, 0.05) is 17.8 Å². The summed E-state index contributed by atoms with van der Waals surface area (Å²) < 4.78 is 0. The number of nitrogens with zero attached hydrogens (tertiary/aromatic N) is 3. The Morgan fingerprint density at radius 3 is 2.68 bits per heavy atom. The molecular weight excluding hydrogens is 328 g/mol. The standard InChI is InChI=1S/C20H20N4S/c1-13-17-18(22-15-9-6-10-15)23-16(24-20(17)25-19(13)21-2)12-11-14-7-4-3-5-8-14/h3-5,7-8,15H,6,9-12H2,1H3,(H,22,23,24). The average molecular weight is 348 g/mol. The van der Waals surface area contributed by atoms with Crippen molar-refractivity contribution in [3.63, 3.8) is 0 Å². The molecule has 0 radical (unpaired) electrons. The fraction of sp³-hybridized carbons (Fsp3) is 0.350. The summed E-state index contributed by atoms with van der Waals surface area (Å²) in [6, 6.07) is 10.9. The molecule has 0 atom stereocenters. The number of aryl methyl sites for hydroxylation is 3. The van der Waals surface area contributed by atoms with Gasteiger partial charge in [-0.3, -0.25) is 0 Å². The van der Waals surface area contributed by atoms with Gasteiger partial charge < -0.3 is 5.32 Å². The van der Waals surface area contributed by atoms with Crippen molar-refractivity contribution in [2.24, 2.45) is 0 Å². The van der Waals surface area contributed by atoms with Gasteiger partial charge in [0.15, 0.2) is 0 Å². The molecule has 0 spiro atoms. The molecule has 1 fully saturated rings. The summed E-state index contributed by atoms with van der Waals surface area (Å²) in [6.45, 7) is 9.40. The van der Waals surface area contributed by atoms with Crippen molar-refractivity contribution >= 4 is 32.4 Å². The third-order valence-corrected chi connectivity index (χ3v) is 5.92. The highest BCUT2D eigenvalue weighted by atomic mass is 32.1. The van der Waals surface area contributed by atoms with E-state index >= 15 is 0 Å². The van der Waals surface area contributed by atoms with Crippen molar-refractivity contribution in [2.75, 3.05) is 5.32 Å². The zero-order valence-corrected chi connectivity index (χ0v) is 15.1. The molecule has 1 aliphatic carbocycles. The number of fused-ring (bicyclic) bond motifs is 1. The summed E-state index contributed by atoms with van der Waals surface area (Å²) in [4.78, 5) is 14.2. The van der Waals surface area contributed by atoms with Crippen LogP contribution in [0.25, 0.3) is 15.1 Å². The molecule has 1 aliphatic rings. The molecule has 25 heavy (non-hydrogen) atoms. The zero-order valence-electron chi connectivity index (χ0n) is 14.2. The number of aromatic nitrogens is 2. The molecule has 0 aliphatic heterocycles. The third-order valence-electron chi connectivity index (χ3n) is 4.84. The van der Waals surface area contributed by atoms with Gasteiger partial charge in [0.1, 0.15) is 16.5 Å². The number of nitrogens with one attached hydrogen (secondary N) is 1. The van der Waals surface area contributed by atoms with Crippen LogP contribution in [0.3, 0.4) is 0 Å². The Kier molecular flexibility index (Phi) is 4.37. The summed E-state index contributed by atoms with van der Waals surface area (Å²) >= 11 is 1.48. The summed E-state index contributed by atoms with van der Waals surface area (Å²) in [5.74, 6) is 1.78. The van der Waals surface area contributed by atoms with E-state index in [0.717, 1.165) is 45.3 Å². The Labute approximate surface area is 151 Å². The lowest BCUT2D eigenvalue weighted by Crippen LogP contribution is -2.27. The second-order valence-corrected chi connectivity index (χ2v) is 7.55. The van der Waals surface area contributed by atoms with Gasteiger partial charge in [-0.15, -0.1) is 11.3 Å². The van der Waals surface area contributed by atoms with E-state index in [-0.39, 0.29) is 0 Å². The fourth-order valence-corrected chi connectivity index (χ4v) is 4.13. The predicted molar refractivity (Wildman–Crippen MR) is 104 cm³/mol. The normalized spacial score (nSPS) is 14.2. The molecule has 4 nitrogen and oxygen atoms in total. The van der Waals surface area contributed by atoms with Crippen molar-refractivity contribution in [1.82, 2.24) is 9.97 Å². The van der Waals surface area contributed by atoms with Gasteiger partial charge in [0.2, 0.25) is 5.00 Å². The van der Waals surface area contributed by atoms with Crippen LogP contribution in [-0.2, 0) is 12.8 Å². The van der Waals surface area contributed by atoms with Gasteiger partial charge in [-0.2, -0.15) is 0 Å². The van der Waals surface area contributed by atoms with Gasteiger partial charge in [-0.1, -0.05) is 30.3 Å². The lowest BCUT2D eigenvalue weighted by molar-refractivity contribution is 0.444. The first kappa shape index (κ1) is 16.0. The van der Waals surface area contributed by atoms with Crippen LogP contribution in [0.2, 0.25) is 0 Å². The second-order valence-electron chi connectivity index (χ2n) is 6.57. The molecule has 126 valence electrons. The van der Waals surface area contributed by atoms with E-state index in [1.54, 1.807) is 0 Å². The molecule has 0 unspecified atom stereocenters. The molecule has 2 aromatic heterocycles. The summed E-state index contributed by atoms with van der Waals surface area (Å²) in [5.41, 5.74) is 2.30. The lowest BCUT2D eigenvalue weighted by atomic mass is 9.93. The first-order valence-electron chi connectivity index (χ1n) is 8.72.